The van der Waals surface area contributed by atoms with Crippen molar-refractivity contribution < 1.29 is 24.4 Å². The molecule has 8 nitrogen and oxygen atoms in total. The van der Waals surface area contributed by atoms with E-state index >= 15 is 0 Å². The summed E-state index contributed by atoms with van der Waals surface area (Å²) in [4.78, 5) is 37.6. The molecule has 1 spiro atoms. The number of aliphatic hydroxyl groups is 1. The van der Waals surface area contributed by atoms with Gasteiger partial charge in [0, 0.05) is 41.4 Å². The van der Waals surface area contributed by atoms with Crippen LogP contribution in [0.2, 0.25) is 18.6 Å². The van der Waals surface area contributed by atoms with Gasteiger partial charge in [-0.1, -0.05) is 25.1 Å². The van der Waals surface area contributed by atoms with Gasteiger partial charge in [-0.25, -0.2) is 0 Å². The first kappa shape index (κ1) is 21.6. The zero-order valence-electron chi connectivity index (χ0n) is 17.7. The van der Waals surface area contributed by atoms with Crippen LogP contribution in [0.5, 0.6) is 0 Å². The molecule has 2 aliphatic heterocycles. The third-order valence-electron chi connectivity index (χ3n) is 6.51. The van der Waals surface area contributed by atoms with E-state index in [1.165, 1.54) is 12.1 Å². The predicted molar refractivity (Wildman–Crippen MR) is 118 cm³/mol. The second-order valence-corrected chi connectivity index (χ2v) is 12.8. The van der Waals surface area contributed by atoms with Gasteiger partial charge in [-0.05, 0) is 37.7 Å². The fourth-order valence-corrected chi connectivity index (χ4v) is 7.94. The van der Waals surface area contributed by atoms with Gasteiger partial charge in [0.15, 0.2) is 13.9 Å². The first-order valence-electron chi connectivity index (χ1n) is 10.3. The normalized spacial score (nSPS) is 27.7. The van der Waals surface area contributed by atoms with Crippen LogP contribution in [0.25, 0.3) is 0 Å². The number of benzene rings is 2. The van der Waals surface area contributed by atoms with Gasteiger partial charge in [0.2, 0.25) is 0 Å². The van der Waals surface area contributed by atoms with Gasteiger partial charge in [-0.15, -0.1) is 0 Å². The molecule has 1 fully saturated rings. The van der Waals surface area contributed by atoms with Gasteiger partial charge in [0.05, 0.1) is 16.7 Å². The molecular weight excluding hydrogens is 416 g/mol. The minimum Gasteiger partial charge on any atom is -0.432 e. The standard InChI is InChI=1S/C22H26N2O6Si/c1-14-20(31(2,3)29)19(11-12-25)30-22(14)17-13-16(24(27)28)9-10-18(17)23(21(22)26)15-7-5-4-6-8-15/h4-10,13-14,19-20,25,29H,11-12H2,1-3H3/t14-,19+,20-,22+/m1/s1. The fraction of sp³-hybridized carbons (Fsp3) is 0.409. The maximum absolute atomic E-state index is 14.0. The van der Waals surface area contributed by atoms with Crippen molar-refractivity contribution in [3.8, 4) is 0 Å². The van der Waals surface area contributed by atoms with Crippen molar-refractivity contribution in [3.05, 3.63) is 64.2 Å². The summed E-state index contributed by atoms with van der Waals surface area (Å²) >= 11 is 0. The molecule has 4 rings (SSSR count). The number of nitrogens with zero attached hydrogens (tertiary/aromatic N) is 2. The Morgan fingerprint density at radius 1 is 1.23 bits per heavy atom. The number of hydrogen-bond acceptors (Lipinski definition) is 6. The maximum atomic E-state index is 14.0. The van der Waals surface area contributed by atoms with Crippen molar-refractivity contribution >= 4 is 31.3 Å². The number of aliphatic hydroxyl groups excluding tert-OH is 1. The van der Waals surface area contributed by atoms with Crippen LogP contribution in [0.1, 0.15) is 18.9 Å². The second kappa shape index (κ2) is 7.52. The average molecular weight is 443 g/mol. The Morgan fingerprint density at radius 3 is 2.48 bits per heavy atom. The van der Waals surface area contributed by atoms with Crippen LogP contribution in [-0.4, -0.2) is 41.8 Å². The third kappa shape index (κ3) is 3.20. The molecule has 0 saturated carbocycles. The number of nitro groups is 1. The molecule has 164 valence electrons. The number of ether oxygens (including phenoxy) is 1. The topological polar surface area (TPSA) is 113 Å². The van der Waals surface area contributed by atoms with Crippen LogP contribution in [0.15, 0.2) is 48.5 Å². The van der Waals surface area contributed by atoms with Gasteiger partial charge in [0.1, 0.15) is 0 Å². The van der Waals surface area contributed by atoms with Crippen molar-refractivity contribution in [1.82, 2.24) is 0 Å². The molecule has 2 N–H and O–H groups in total. The van der Waals surface area contributed by atoms with Crippen LogP contribution in [0.4, 0.5) is 17.1 Å². The molecule has 0 bridgehead atoms. The van der Waals surface area contributed by atoms with E-state index in [1.54, 1.807) is 36.2 Å². The highest BCUT2D eigenvalue weighted by molar-refractivity contribution is 6.71. The molecule has 9 heteroatoms. The van der Waals surface area contributed by atoms with E-state index in [4.69, 9.17) is 4.74 Å². The molecule has 1 amide bonds. The summed E-state index contributed by atoms with van der Waals surface area (Å²) in [5.74, 6) is -0.761. The van der Waals surface area contributed by atoms with E-state index in [0.29, 0.717) is 16.9 Å². The number of anilines is 2. The van der Waals surface area contributed by atoms with Crippen molar-refractivity contribution in [3.63, 3.8) is 0 Å². The Balaban J connectivity index is 1.95. The summed E-state index contributed by atoms with van der Waals surface area (Å²) in [6.45, 7) is 5.31. The van der Waals surface area contributed by atoms with Gasteiger partial charge in [-0.3, -0.25) is 19.8 Å². The molecular formula is C22H26N2O6Si. The van der Waals surface area contributed by atoms with Crippen LogP contribution in [0.3, 0.4) is 0 Å². The number of carbonyl (C=O) groups is 1. The summed E-state index contributed by atoms with van der Waals surface area (Å²) in [5.41, 5.74) is -0.306. The summed E-state index contributed by atoms with van der Waals surface area (Å²) in [6, 6.07) is 13.5. The minimum absolute atomic E-state index is 0.126. The van der Waals surface area contributed by atoms with E-state index < -0.39 is 30.9 Å². The number of para-hydroxylation sites is 1. The maximum Gasteiger partial charge on any atom is 0.269 e. The lowest BCUT2D eigenvalue weighted by molar-refractivity contribution is -0.385. The van der Waals surface area contributed by atoms with E-state index in [-0.39, 0.29) is 30.2 Å². The molecule has 0 unspecified atom stereocenters. The summed E-state index contributed by atoms with van der Waals surface area (Å²) in [6.07, 6.45) is -0.255. The smallest absolute Gasteiger partial charge is 0.269 e. The number of fused-ring (bicyclic) bond motifs is 2. The quantitative estimate of drug-likeness (QED) is 0.417. The molecule has 2 aromatic rings. The number of nitro benzene ring substituents is 1. The molecule has 0 radical (unpaired) electrons. The number of hydrogen-bond donors (Lipinski definition) is 2. The highest BCUT2D eigenvalue weighted by Crippen LogP contribution is 2.61. The van der Waals surface area contributed by atoms with Gasteiger partial charge < -0.3 is 14.6 Å². The number of amides is 1. The largest absolute Gasteiger partial charge is 0.432 e. The molecule has 1 saturated heterocycles. The summed E-state index contributed by atoms with van der Waals surface area (Å²) < 4.78 is 6.43. The monoisotopic (exact) mass is 442 g/mol. The molecule has 4 atom stereocenters. The van der Waals surface area contributed by atoms with Crippen molar-refractivity contribution in [2.24, 2.45) is 5.92 Å². The predicted octanol–water partition coefficient (Wildman–Crippen LogP) is 3.45. The Hall–Kier alpha value is -2.59. The Morgan fingerprint density at radius 2 is 1.90 bits per heavy atom. The SMILES string of the molecule is C[C@@H]1[C@@H]([Si](C)(C)O)[C@H](CCO)O[C@@]12C(=O)N(c1ccccc1)c1ccc([N+](=O)[O-])cc12. The van der Waals surface area contributed by atoms with Crippen molar-refractivity contribution in [2.75, 3.05) is 11.5 Å². The Kier molecular flexibility index (Phi) is 5.25. The number of rotatable bonds is 5. The van der Waals surface area contributed by atoms with Crippen LogP contribution in [-0.2, 0) is 15.1 Å². The van der Waals surface area contributed by atoms with Gasteiger partial charge >= 0.3 is 0 Å². The van der Waals surface area contributed by atoms with E-state index in [1.807, 2.05) is 25.1 Å². The minimum atomic E-state index is -2.81. The molecule has 0 aliphatic carbocycles. The van der Waals surface area contributed by atoms with Crippen LogP contribution < -0.4 is 4.90 Å². The first-order valence-corrected chi connectivity index (χ1v) is 13.3. The van der Waals surface area contributed by atoms with Crippen LogP contribution in [0, 0.1) is 16.0 Å². The second-order valence-electron chi connectivity index (χ2n) is 8.81. The highest BCUT2D eigenvalue weighted by atomic mass is 28.4. The lowest BCUT2D eigenvalue weighted by atomic mass is 9.82. The average Bonchev–Trinajstić information content (AvgIpc) is 3.14. The molecule has 31 heavy (non-hydrogen) atoms. The number of non-ortho nitro benzene ring substituents is 1. The van der Waals surface area contributed by atoms with Crippen LogP contribution >= 0.6 is 0 Å². The zero-order chi connectivity index (χ0) is 22.6. The highest BCUT2D eigenvalue weighted by Gasteiger charge is 2.66. The van der Waals surface area contributed by atoms with E-state index in [2.05, 4.69) is 0 Å². The lowest BCUT2D eigenvalue weighted by Gasteiger charge is -2.32. The van der Waals surface area contributed by atoms with Gasteiger partial charge in [-0.2, -0.15) is 0 Å². The summed E-state index contributed by atoms with van der Waals surface area (Å²) in [7, 11) is -2.81. The van der Waals surface area contributed by atoms with Crippen molar-refractivity contribution in [1.29, 1.82) is 0 Å². The van der Waals surface area contributed by atoms with E-state index in [9.17, 15) is 24.8 Å². The Bertz CT molecular complexity index is 1020. The molecule has 0 aromatic heterocycles. The fourth-order valence-electron chi connectivity index (χ4n) is 5.33. The zero-order valence-corrected chi connectivity index (χ0v) is 18.7. The summed E-state index contributed by atoms with van der Waals surface area (Å²) in [5, 5.41) is 21.1. The first-order chi connectivity index (χ1) is 14.6. The lowest BCUT2D eigenvalue weighted by Crippen LogP contribution is -2.45. The number of carbonyl (C=O) groups excluding carboxylic acids is 1. The van der Waals surface area contributed by atoms with E-state index in [0.717, 1.165) is 0 Å². The molecule has 2 heterocycles. The molecule has 2 aliphatic rings. The van der Waals surface area contributed by atoms with Gasteiger partial charge in [0.25, 0.3) is 11.6 Å². The Labute approximate surface area is 181 Å². The third-order valence-corrected chi connectivity index (χ3v) is 9.02. The van der Waals surface area contributed by atoms with Crippen molar-refractivity contribution in [2.45, 2.75) is 43.7 Å². The molecule has 2 aromatic carbocycles.